The van der Waals surface area contributed by atoms with Gasteiger partial charge >= 0.3 is 5.97 Å². The first kappa shape index (κ1) is 8.49. The predicted octanol–water partition coefficient (Wildman–Crippen LogP) is 0.311. The average Bonchev–Trinajstić information content (AvgIpc) is 2.50. The van der Waals surface area contributed by atoms with Crippen LogP contribution >= 0.6 is 0 Å². The molecule has 1 heterocycles. The lowest BCUT2D eigenvalue weighted by atomic mass is 10.4. The van der Waals surface area contributed by atoms with Crippen LogP contribution in [0.5, 0.6) is 0 Å². The first-order valence-electron chi connectivity index (χ1n) is 3.62. The van der Waals surface area contributed by atoms with Crippen LogP contribution in [0.4, 0.5) is 0 Å². The molecule has 0 N–H and O–H groups in total. The first-order chi connectivity index (χ1) is 5.27. The highest BCUT2D eigenvalue weighted by atomic mass is 16.7. The minimum Gasteiger partial charge on any atom is -0.467 e. The molecule has 0 aromatic carbocycles. The fraction of sp³-hybridized carbons (Fsp3) is 0.857. The molecule has 4 heteroatoms. The first-order valence-corrected chi connectivity index (χ1v) is 3.62. The maximum atomic E-state index is 10.8. The zero-order valence-corrected chi connectivity index (χ0v) is 6.70. The summed E-state index contributed by atoms with van der Waals surface area (Å²) in [6.07, 6.45) is -0.00270. The minimum atomic E-state index is -0.523. The third-order valence-electron chi connectivity index (χ3n) is 1.55. The monoisotopic (exact) mass is 160 g/mol. The number of hydrogen-bond acceptors (Lipinski definition) is 4. The van der Waals surface area contributed by atoms with E-state index in [4.69, 9.17) is 9.47 Å². The quantitative estimate of drug-likeness (QED) is 0.545. The van der Waals surface area contributed by atoms with Gasteiger partial charge in [-0.15, -0.1) is 0 Å². The Bertz CT molecular complexity index is 145. The summed E-state index contributed by atoms with van der Waals surface area (Å²) < 4.78 is 14.8. The summed E-state index contributed by atoms with van der Waals surface area (Å²) in [6.45, 7) is 2.25. The topological polar surface area (TPSA) is 44.8 Å². The highest BCUT2D eigenvalue weighted by Gasteiger charge is 2.30. The van der Waals surface area contributed by atoms with E-state index >= 15 is 0 Å². The molecule has 4 nitrogen and oxygen atoms in total. The second-order valence-electron chi connectivity index (χ2n) is 2.32. The summed E-state index contributed by atoms with van der Waals surface area (Å²) in [6, 6.07) is 0. The van der Waals surface area contributed by atoms with Gasteiger partial charge in [-0.1, -0.05) is 6.92 Å². The van der Waals surface area contributed by atoms with Crippen LogP contribution in [-0.2, 0) is 19.0 Å². The Kier molecular flexibility index (Phi) is 2.84. The molecule has 0 radical (unpaired) electrons. The lowest BCUT2D eigenvalue weighted by Gasteiger charge is -2.06. The Morgan fingerprint density at radius 1 is 1.73 bits per heavy atom. The van der Waals surface area contributed by atoms with Crippen molar-refractivity contribution in [3.05, 3.63) is 0 Å². The maximum Gasteiger partial charge on any atom is 0.337 e. The second-order valence-corrected chi connectivity index (χ2v) is 2.32. The summed E-state index contributed by atoms with van der Waals surface area (Å²) in [4.78, 5) is 10.8. The highest BCUT2D eigenvalue weighted by Crippen LogP contribution is 2.14. The normalized spacial score (nSPS) is 30.4. The van der Waals surface area contributed by atoms with Crippen molar-refractivity contribution in [1.29, 1.82) is 0 Å². The van der Waals surface area contributed by atoms with E-state index in [9.17, 15) is 4.79 Å². The maximum absolute atomic E-state index is 10.8. The molecule has 64 valence electrons. The third-order valence-corrected chi connectivity index (χ3v) is 1.55. The molecule has 0 aliphatic carbocycles. The molecule has 1 aliphatic rings. The van der Waals surface area contributed by atoms with E-state index in [1.54, 1.807) is 0 Å². The van der Waals surface area contributed by atoms with Crippen LogP contribution in [0.2, 0.25) is 0 Å². The molecule has 2 atom stereocenters. The number of methoxy groups -OCH3 is 1. The Morgan fingerprint density at radius 3 is 2.91 bits per heavy atom. The van der Waals surface area contributed by atoms with Crippen LogP contribution in [0.15, 0.2) is 0 Å². The zero-order valence-electron chi connectivity index (χ0n) is 6.70. The van der Waals surface area contributed by atoms with Crippen LogP contribution in [0.1, 0.15) is 13.3 Å². The molecule has 0 aromatic heterocycles. The number of rotatable bonds is 2. The summed E-state index contributed by atoms with van der Waals surface area (Å²) in [5.41, 5.74) is 0. The molecule has 1 aliphatic heterocycles. The molecule has 1 fully saturated rings. The second kappa shape index (κ2) is 3.69. The lowest BCUT2D eigenvalue weighted by Crippen LogP contribution is -2.24. The van der Waals surface area contributed by atoms with Gasteiger partial charge in [0.25, 0.3) is 0 Å². The van der Waals surface area contributed by atoms with Gasteiger partial charge in [-0.2, -0.15) is 0 Å². The van der Waals surface area contributed by atoms with Crippen molar-refractivity contribution in [2.75, 3.05) is 13.7 Å². The van der Waals surface area contributed by atoms with Gasteiger partial charge in [0, 0.05) is 0 Å². The number of ether oxygens (including phenoxy) is 3. The van der Waals surface area contributed by atoms with Crippen molar-refractivity contribution in [3.63, 3.8) is 0 Å². The SMILES string of the molecule is CC[C@@H]1OC[C@H](C(=O)OC)O1. The van der Waals surface area contributed by atoms with Crippen LogP contribution in [0.3, 0.4) is 0 Å². The molecule has 0 unspecified atom stereocenters. The third kappa shape index (κ3) is 1.91. The smallest absolute Gasteiger partial charge is 0.337 e. The lowest BCUT2D eigenvalue weighted by molar-refractivity contribution is -0.154. The van der Waals surface area contributed by atoms with Crippen molar-refractivity contribution < 1.29 is 19.0 Å². The van der Waals surface area contributed by atoms with E-state index < -0.39 is 6.10 Å². The van der Waals surface area contributed by atoms with Gasteiger partial charge in [-0.05, 0) is 6.42 Å². The van der Waals surface area contributed by atoms with Gasteiger partial charge < -0.3 is 14.2 Å². The molecule has 0 bridgehead atoms. The van der Waals surface area contributed by atoms with E-state index in [1.807, 2.05) is 6.92 Å². The van der Waals surface area contributed by atoms with Crippen molar-refractivity contribution in [2.45, 2.75) is 25.7 Å². The van der Waals surface area contributed by atoms with Gasteiger partial charge in [0.15, 0.2) is 12.4 Å². The summed E-state index contributed by atoms with van der Waals surface area (Å²) in [5, 5.41) is 0. The minimum absolute atomic E-state index is 0.237. The Balaban J connectivity index is 2.35. The predicted molar refractivity (Wildman–Crippen MR) is 36.9 cm³/mol. The molecule has 0 amide bonds. The van der Waals surface area contributed by atoms with Gasteiger partial charge in [-0.3, -0.25) is 0 Å². The fourth-order valence-corrected chi connectivity index (χ4v) is 0.926. The van der Waals surface area contributed by atoms with Gasteiger partial charge in [0.1, 0.15) is 0 Å². The van der Waals surface area contributed by atoms with Crippen LogP contribution in [0, 0.1) is 0 Å². The fourth-order valence-electron chi connectivity index (χ4n) is 0.926. The number of carbonyl (C=O) groups is 1. The van der Waals surface area contributed by atoms with Crippen molar-refractivity contribution in [3.8, 4) is 0 Å². The van der Waals surface area contributed by atoms with Crippen LogP contribution in [0.25, 0.3) is 0 Å². The largest absolute Gasteiger partial charge is 0.467 e. The summed E-state index contributed by atoms with van der Waals surface area (Å²) in [5.74, 6) is -0.360. The van der Waals surface area contributed by atoms with E-state index in [-0.39, 0.29) is 12.3 Å². The standard InChI is InChI=1S/C7H12O4/c1-3-6-10-4-5(11-6)7(8)9-2/h5-6H,3-4H2,1-2H3/t5-,6-/m1/s1. The molecule has 0 saturated carbocycles. The summed E-state index contributed by atoms with van der Waals surface area (Å²) >= 11 is 0. The van der Waals surface area contributed by atoms with Crippen LogP contribution in [-0.4, -0.2) is 32.1 Å². The number of esters is 1. The van der Waals surface area contributed by atoms with Crippen LogP contribution < -0.4 is 0 Å². The van der Waals surface area contributed by atoms with Gasteiger partial charge in [0.2, 0.25) is 0 Å². The van der Waals surface area contributed by atoms with Gasteiger partial charge in [-0.25, -0.2) is 4.79 Å². The molecular weight excluding hydrogens is 148 g/mol. The molecular formula is C7H12O4. The number of hydrogen-bond donors (Lipinski definition) is 0. The number of carbonyl (C=O) groups excluding carboxylic acids is 1. The van der Waals surface area contributed by atoms with E-state index in [2.05, 4.69) is 4.74 Å². The molecule has 1 saturated heterocycles. The Labute approximate surface area is 65.4 Å². The van der Waals surface area contributed by atoms with E-state index in [0.29, 0.717) is 6.61 Å². The van der Waals surface area contributed by atoms with Crippen molar-refractivity contribution in [2.24, 2.45) is 0 Å². The van der Waals surface area contributed by atoms with Crippen molar-refractivity contribution in [1.82, 2.24) is 0 Å². The van der Waals surface area contributed by atoms with Gasteiger partial charge in [0.05, 0.1) is 13.7 Å². The Morgan fingerprint density at radius 2 is 2.45 bits per heavy atom. The molecule has 0 aromatic rings. The van der Waals surface area contributed by atoms with E-state index in [1.165, 1.54) is 7.11 Å². The molecule has 1 rings (SSSR count). The summed E-state index contributed by atoms with van der Waals surface area (Å²) in [7, 11) is 1.34. The zero-order chi connectivity index (χ0) is 8.27. The Hall–Kier alpha value is -0.610. The van der Waals surface area contributed by atoms with E-state index in [0.717, 1.165) is 6.42 Å². The van der Waals surface area contributed by atoms with Crippen molar-refractivity contribution >= 4 is 5.97 Å². The molecule has 0 spiro atoms. The highest BCUT2D eigenvalue weighted by molar-refractivity contribution is 5.74. The molecule has 11 heavy (non-hydrogen) atoms. The average molecular weight is 160 g/mol.